The molecule has 0 fully saturated rings. The number of fused-ring (bicyclic) bond motifs is 1. The van der Waals surface area contributed by atoms with Crippen molar-refractivity contribution in [3.63, 3.8) is 0 Å². The van der Waals surface area contributed by atoms with Gasteiger partial charge in [0, 0.05) is 28.9 Å². The summed E-state index contributed by atoms with van der Waals surface area (Å²) >= 11 is 0. The highest BCUT2D eigenvalue weighted by molar-refractivity contribution is 6.36. The highest BCUT2D eigenvalue weighted by Crippen LogP contribution is 2.32. The van der Waals surface area contributed by atoms with Gasteiger partial charge in [0.05, 0.1) is 0 Å². The zero-order chi connectivity index (χ0) is 20.5. The summed E-state index contributed by atoms with van der Waals surface area (Å²) in [6.07, 6.45) is 3.58. The molecular formula is C25H23IN2O2. The Kier molecular flexibility index (Phi) is 6.51. The Morgan fingerprint density at radius 1 is 0.800 bits per heavy atom. The average Bonchev–Trinajstić information content (AvgIpc) is 2.73. The Morgan fingerprint density at radius 2 is 1.43 bits per heavy atom. The van der Waals surface area contributed by atoms with Crippen LogP contribution in [0.1, 0.15) is 51.6 Å². The van der Waals surface area contributed by atoms with Crippen molar-refractivity contribution < 1.29 is 38.1 Å². The van der Waals surface area contributed by atoms with Gasteiger partial charge >= 0.3 is 0 Å². The smallest absolute Gasteiger partial charge is 0.286 e. The Morgan fingerprint density at radius 3 is 2.07 bits per heavy atom. The first-order valence-corrected chi connectivity index (χ1v) is 9.75. The van der Waals surface area contributed by atoms with Crippen LogP contribution in [0.5, 0.6) is 0 Å². The number of aryl methyl sites for hydroxylation is 1. The molecule has 0 unspecified atom stereocenters. The fourth-order valence-electron chi connectivity index (χ4n) is 3.74. The molecule has 4 nitrogen and oxygen atoms in total. The third-order valence-electron chi connectivity index (χ3n) is 5.25. The second-order valence-electron chi connectivity index (χ2n) is 7.53. The number of nitrogens with one attached hydrogen (secondary N) is 1. The van der Waals surface area contributed by atoms with E-state index >= 15 is 0 Å². The van der Waals surface area contributed by atoms with E-state index in [1.54, 1.807) is 41.2 Å². The monoisotopic (exact) mass is 510 g/mol. The van der Waals surface area contributed by atoms with Crippen LogP contribution in [0.4, 0.5) is 5.69 Å². The number of carbonyl (C=O) groups is 2. The molecular weight excluding hydrogens is 487 g/mol. The first-order valence-electron chi connectivity index (χ1n) is 9.75. The molecule has 0 spiro atoms. The number of allylic oxidation sites excluding steroid dienone is 2. The summed E-state index contributed by atoms with van der Waals surface area (Å²) in [6, 6.07) is 18.6. The van der Waals surface area contributed by atoms with Crippen molar-refractivity contribution >= 4 is 23.0 Å². The number of aromatic nitrogens is 1. The molecule has 1 N–H and O–H groups in total. The summed E-state index contributed by atoms with van der Waals surface area (Å²) in [6.45, 7) is 6.24. The van der Waals surface area contributed by atoms with Crippen LogP contribution in [0.15, 0.2) is 78.8 Å². The van der Waals surface area contributed by atoms with Crippen molar-refractivity contribution in [3.05, 3.63) is 101 Å². The number of halogens is 1. The standard InChI is InChI=1S/C25H22N2O2.HI/c1-16(2)18-13-9-10-17(3)21(18)26-22-23(27-14-7-4-8-15-27)25(29)20-12-6-5-11-19(20)24(22)28;/h4-16H,1-3H3;1H. The molecule has 0 bridgehead atoms. The molecule has 0 aliphatic heterocycles. The lowest BCUT2D eigenvalue weighted by molar-refractivity contribution is -0.577. The topological polar surface area (TPSA) is 50.1 Å². The number of hydrogen-bond donors (Lipinski definition) is 1. The quantitative estimate of drug-likeness (QED) is 0.430. The van der Waals surface area contributed by atoms with Gasteiger partial charge in [-0.2, -0.15) is 4.57 Å². The van der Waals surface area contributed by atoms with Crippen LogP contribution < -0.4 is 33.9 Å². The molecule has 30 heavy (non-hydrogen) atoms. The number of para-hydroxylation sites is 1. The molecule has 0 amide bonds. The first-order chi connectivity index (χ1) is 14.0. The summed E-state index contributed by atoms with van der Waals surface area (Å²) in [4.78, 5) is 26.9. The number of rotatable bonds is 4. The Balaban J connectivity index is 0.00000256. The van der Waals surface area contributed by atoms with Gasteiger partial charge in [-0.1, -0.05) is 62.4 Å². The van der Waals surface area contributed by atoms with Crippen molar-refractivity contribution in [2.45, 2.75) is 26.7 Å². The molecule has 1 aliphatic rings. The minimum atomic E-state index is -0.176. The first kappa shape index (κ1) is 21.9. The van der Waals surface area contributed by atoms with Gasteiger partial charge in [0.1, 0.15) is 0 Å². The molecule has 1 heterocycles. The van der Waals surface area contributed by atoms with Crippen LogP contribution in [-0.4, -0.2) is 11.6 Å². The van der Waals surface area contributed by atoms with Gasteiger partial charge in [0.25, 0.3) is 11.5 Å². The third kappa shape index (κ3) is 3.81. The molecule has 4 rings (SSSR count). The molecule has 0 atom stereocenters. The van der Waals surface area contributed by atoms with Crippen LogP contribution >= 0.6 is 0 Å². The van der Waals surface area contributed by atoms with Crippen LogP contribution in [0, 0.1) is 6.92 Å². The zero-order valence-corrected chi connectivity index (χ0v) is 19.3. The lowest BCUT2D eigenvalue weighted by Gasteiger charge is -2.22. The largest absolute Gasteiger partial charge is 1.00 e. The molecule has 5 heteroatoms. The predicted octanol–water partition coefficient (Wildman–Crippen LogP) is 1.77. The number of nitrogens with zero attached hydrogens (tertiary/aromatic N) is 1. The Hall–Kier alpha value is -2.80. The van der Waals surface area contributed by atoms with Crippen molar-refractivity contribution in [2.75, 3.05) is 5.32 Å². The maximum atomic E-state index is 13.5. The van der Waals surface area contributed by atoms with E-state index in [-0.39, 0.29) is 41.5 Å². The highest BCUT2D eigenvalue weighted by atomic mass is 127. The Bertz CT molecular complexity index is 1150. The predicted molar refractivity (Wildman–Crippen MR) is 114 cm³/mol. The van der Waals surface area contributed by atoms with Crippen molar-refractivity contribution in [1.82, 2.24) is 0 Å². The number of anilines is 1. The second kappa shape index (κ2) is 8.92. The van der Waals surface area contributed by atoms with E-state index in [9.17, 15) is 9.59 Å². The maximum Gasteiger partial charge on any atom is 0.286 e. The minimum Gasteiger partial charge on any atom is -1.00 e. The third-order valence-corrected chi connectivity index (χ3v) is 5.25. The van der Waals surface area contributed by atoms with E-state index in [0.29, 0.717) is 22.5 Å². The maximum absolute atomic E-state index is 13.5. The fourth-order valence-corrected chi connectivity index (χ4v) is 3.74. The lowest BCUT2D eigenvalue weighted by atomic mass is 9.89. The van der Waals surface area contributed by atoms with E-state index in [1.165, 1.54) is 0 Å². The van der Waals surface area contributed by atoms with Gasteiger partial charge in [0.2, 0.25) is 5.78 Å². The number of benzene rings is 2. The molecule has 152 valence electrons. The molecule has 1 aromatic heterocycles. The van der Waals surface area contributed by atoms with Gasteiger partial charge in [-0.15, -0.1) is 0 Å². The second-order valence-corrected chi connectivity index (χ2v) is 7.53. The van der Waals surface area contributed by atoms with Crippen LogP contribution in [0.25, 0.3) is 5.70 Å². The summed E-state index contributed by atoms with van der Waals surface area (Å²) < 4.78 is 1.71. The van der Waals surface area contributed by atoms with Gasteiger partial charge in [-0.05, 0) is 24.0 Å². The SMILES string of the molecule is Cc1cccc(C(C)C)c1NC1=C([n+]2ccccc2)C(=O)c2ccccc2C1=O.[I-]. The van der Waals surface area contributed by atoms with Crippen LogP contribution in [0.2, 0.25) is 0 Å². The highest BCUT2D eigenvalue weighted by Gasteiger charge is 2.38. The van der Waals surface area contributed by atoms with Gasteiger partial charge < -0.3 is 29.3 Å². The van der Waals surface area contributed by atoms with Gasteiger partial charge in [0.15, 0.2) is 18.1 Å². The summed E-state index contributed by atoms with van der Waals surface area (Å²) in [7, 11) is 0. The van der Waals surface area contributed by atoms with Crippen molar-refractivity contribution in [3.8, 4) is 0 Å². The summed E-state index contributed by atoms with van der Waals surface area (Å²) in [5.74, 6) is -0.0735. The van der Waals surface area contributed by atoms with E-state index in [0.717, 1.165) is 16.8 Å². The molecule has 0 saturated heterocycles. The van der Waals surface area contributed by atoms with E-state index in [2.05, 4.69) is 25.2 Å². The molecule has 0 radical (unpaired) electrons. The van der Waals surface area contributed by atoms with Crippen molar-refractivity contribution in [2.24, 2.45) is 0 Å². The normalized spacial score (nSPS) is 13.2. The molecule has 1 aliphatic carbocycles. The summed E-state index contributed by atoms with van der Waals surface area (Å²) in [5.41, 5.74) is 4.53. The number of pyridine rings is 1. The summed E-state index contributed by atoms with van der Waals surface area (Å²) in [5, 5.41) is 3.36. The lowest BCUT2D eigenvalue weighted by Crippen LogP contribution is -3.00. The van der Waals surface area contributed by atoms with Crippen LogP contribution in [0.3, 0.4) is 0 Å². The number of Topliss-reactive ketones (excluding diaryl/α,β-unsaturated/α-hetero) is 2. The van der Waals surface area contributed by atoms with Gasteiger partial charge in [-0.3, -0.25) is 9.59 Å². The average molecular weight is 510 g/mol. The van der Waals surface area contributed by atoms with E-state index in [4.69, 9.17) is 0 Å². The minimum absolute atomic E-state index is 0. The molecule has 3 aromatic rings. The number of ketones is 2. The zero-order valence-electron chi connectivity index (χ0n) is 17.1. The van der Waals surface area contributed by atoms with Gasteiger partial charge in [-0.25, -0.2) is 0 Å². The van der Waals surface area contributed by atoms with E-state index < -0.39 is 0 Å². The molecule has 0 saturated carbocycles. The van der Waals surface area contributed by atoms with Crippen molar-refractivity contribution in [1.29, 1.82) is 0 Å². The van der Waals surface area contributed by atoms with E-state index in [1.807, 2.05) is 37.3 Å². The fraction of sp³-hybridized carbons (Fsp3) is 0.160. The Labute approximate surface area is 193 Å². The number of hydrogen-bond acceptors (Lipinski definition) is 3. The molecule has 2 aromatic carbocycles. The van der Waals surface area contributed by atoms with Crippen LogP contribution in [-0.2, 0) is 0 Å². The number of carbonyl (C=O) groups excluding carboxylic acids is 2.